The molecular formula is C46H38IN5O5S2. The molecule has 2 aliphatic heterocycles. The summed E-state index contributed by atoms with van der Waals surface area (Å²) in [5.41, 5.74) is 4.94. The van der Waals surface area contributed by atoms with Gasteiger partial charge in [0, 0.05) is 15.6 Å². The predicted molar refractivity (Wildman–Crippen MR) is 240 cm³/mol. The van der Waals surface area contributed by atoms with E-state index in [9.17, 15) is 14.4 Å². The normalized spacial score (nSPS) is 16.6. The molecule has 0 saturated carbocycles. The van der Waals surface area contributed by atoms with Crippen molar-refractivity contribution in [1.82, 2.24) is 15.2 Å². The average molecular weight is 932 g/mol. The third kappa shape index (κ3) is 8.01. The van der Waals surface area contributed by atoms with Crippen molar-refractivity contribution in [3.05, 3.63) is 202 Å². The van der Waals surface area contributed by atoms with Crippen molar-refractivity contribution in [2.45, 2.75) is 23.1 Å². The summed E-state index contributed by atoms with van der Waals surface area (Å²) in [6.45, 7) is 0. The van der Waals surface area contributed by atoms with Crippen LogP contribution in [0.4, 0.5) is 5.13 Å². The van der Waals surface area contributed by atoms with Gasteiger partial charge in [-0.25, -0.2) is 9.78 Å². The minimum Gasteiger partial charge on any atom is -0.448 e. The van der Waals surface area contributed by atoms with Gasteiger partial charge in [-0.05, 0) is 33.4 Å². The summed E-state index contributed by atoms with van der Waals surface area (Å²) in [7, 11) is 1.35. The Morgan fingerprint density at radius 3 is 1.83 bits per heavy atom. The number of amides is 2. The third-order valence-electron chi connectivity index (χ3n) is 10.2. The van der Waals surface area contributed by atoms with Gasteiger partial charge in [-0.15, -0.1) is 23.1 Å². The molecule has 3 heterocycles. The first-order valence-corrected chi connectivity index (χ1v) is 22.2. The van der Waals surface area contributed by atoms with Crippen molar-refractivity contribution in [2.75, 3.05) is 22.6 Å². The van der Waals surface area contributed by atoms with Gasteiger partial charge in [-0.3, -0.25) is 14.5 Å². The molecule has 1 aromatic heterocycles. The molecule has 0 radical (unpaired) electrons. The molecule has 1 saturated heterocycles. The molecule has 2 aliphatic rings. The van der Waals surface area contributed by atoms with Crippen molar-refractivity contribution in [1.29, 1.82) is 0 Å². The van der Waals surface area contributed by atoms with E-state index in [0.717, 1.165) is 33.4 Å². The summed E-state index contributed by atoms with van der Waals surface area (Å²) < 4.78 is 6.74. The van der Waals surface area contributed by atoms with Gasteiger partial charge in [-0.1, -0.05) is 179 Å². The minimum absolute atomic E-state index is 0.0923. The molecule has 2 amide bonds. The first kappa shape index (κ1) is 40.0. The maximum absolute atomic E-state index is 14.1. The molecule has 6 aromatic rings. The molecule has 59 heavy (non-hydrogen) atoms. The number of aromatic nitrogens is 1. The predicted octanol–water partition coefficient (Wildman–Crippen LogP) is 8.32. The van der Waals surface area contributed by atoms with Crippen LogP contribution in [-0.4, -0.2) is 62.1 Å². The van der Waals surface area contributed by atoms with E-state index in [0.29, 0.717) is 15.3 Å². The lowest BCUT2D eigenvalue weighted by Gasteiger charge is -2.49. The van der Waals surface area contributed by atoms with E-state index in [4.69, 9.17) is 14.6 Å². The van der Waals surface area contributed by atoms with Gasteiger partial charge in [0.2, 0.25) is 0 Å². The van der Waals surface area contributed by atoms with Gasteiger partial charge < -0.3 is 20.2 Å². The third-order valence-corrected chi connectivity index (χ3v) is 13.2. The molecular weight excluding hydrogens is 894 g/mol. The molecule has 2 atom stereocenters. The van der Waals surface area contributed by atoms with Gasteiger partial charge >= 0.3 is 5.97 Å². The molecule has 5 aromatic carbocycles. The summed E-state index contributed by atoms with van der Waals surface area (Å²) in [6, 6.07) is 48.5. The lowest BCUT2D eigenvalue weighted by atomic mass is 9.77. The quantitative estimate of drug-likeness (QED) is 0.0213. The van der Waals surface area contributed by atoms with Gasteiger partial charge in [0.15, 0.2) is 16.9 Å². The number of rotatable bonds is 14. The Balaban J connectivity index is 1.03. The number of oxime groups is 1. The number of nitrogens with one attached hydrogen (secondary N) is 2. The largest absolute Gasteiger partial charge is 0.448 e. The second kappa shape index (κ2) is 18.0. The number of fused-ring (bicyclic) bond motifs is 1. The monoisotopic (exact) mass is 931 g/mol. The second-order valence-corrected chi connectivity index (χ2v) is 16.4. The fourth-order valence-corrected chi connectivity index (χ4v) is 10.5. The lowest BCUT2D eigenvalue weighted by Crippen LogP contribution is -2.71. The first-order valence-electron chi connectivity index (χ1n) is 18.8. The number of carbonyl (C=O) groups excluding carboxylic acids is 3. The van der Waals surface area contributed by atoms with Crippen LogP contribution < -0.4 is 10.6 Å². The number of hydrogen-bond acceptors (Lipinski definition) is 10. The maximum Gasteiger partial charge on any atom is 0.356 e. The van der Waals surface area contributed by atoms with Crippen LogP contribution in [0.1, 0.15) is 39.6 Å². The lowest BCUT2D eigenvalue weighted by molar-refractivity contribution is -0.154. The van der Waals surface area contributed by atoms with Gasteiger partial charge in [0.1, 0.15) is 35.5 Å². The van der Waals surface area contributed by atoms with Crippen molar-refractivity contribution in [3.63, 3.8) is 0 Å². The number of ether oxygens (including phenoxy) is 1. The summed E-state index contributed by atoms with van der Waals surface area (Å²) in [6.07, 6.45) is -0.684. The van der Waals surface area contributed by atoms with E-state index < -0.39 is 40.8 Å². The number of carbonyl (C=O) groups is 3. The van der Waals surface area contributed by atoms with E-state index >= 15 is 0 Å². The Bertz CT molecular complexity index is 2350. The van der Waals surface area contributed by atoms with Crippen LogP contribution in [-0.2, 0) is 29.5 Å². The van der Waals surface area contributed by atoms with Gasteiger partial charge in [0.25, 0.3) is 11.8 Å². The molecule has 0 bridgehead atoms. The van der Waals surface area contributed by atoms with Crippen LogP contribution in [0.5, 0.6) is 0 Å². The summed E-state index contributed by atoms with van der Waals surface area (Å²) in [5.74, 6) is -1.17. The molecule has 0 aliphatic carbocycles. The molecule has 1 unspecified atom stereocenters. The number of β-lactam (4-membered cyclic amide) rings is 1. The summed E-state index contributed by atoms with van der Waals surface area (Å²) in [4.78, 5) is 53.6. The summed E-state index contributed by atoms with van der Waals surface area (Å²) in [5, 5.41) is 12.4. The number of alkyl halides is 1. The zero-order valence-corrected chi connectivity index (χ0v) is 35.5. The number of esters is 1. The van der Waals surface area contributed by atoms with E-state index in [1.807, 2.05) is 115 Å². The van der Waals surface area contributed by atoms with Crippen molar-refractivity contribution in [3.8, 4) is 0 Å². The number of hydrogen-bond donors (Lipinski definition) is 2. The minimum atomic E-state index is -0.926. The van der Waals surface area contributed by atoms with Crippen molar-refractivity contribution < 1.29 is 24.0 Å². The fraction of sp³-hybridized carbons (Fsp3) is 0.152. The highest BCUT2D eigenvalue weighted by Gasteiger charge is 2.55. The van der Waals surface area contributed by atoms with E-state index in [1.165, 1.54) is 35.1 Å². The molecule has 296 valence electrons. The molecule has 1 fully saturated rings. The van der Waals surface area contributed by atoms with E-state index in [-0.39, 0.29) is 17.1 Å². The zero-order valence-electron chi connectivity index (χ0n) is 31.7. The zero-order chi connectivity index (χ0) is 40.8. The molecule has 8 rings (SSSR count). The van der Waals surface area contributed by atoms with Crippen LogP contribution in [0.25, 0.3) is 0 Å². The number of benzene rings is 5. The Morgan fingerprint density at radius 1 is 0.831 bits per heavy atom. The average Bonchev–Trinajstić information content (AvgIpc) is 3.76. The number of anilines is 1. The number of nitrogens with zero attached hydrogens (tertiary/aromatic N) is 3. The van der Waals surface area contributed by atoms with Crippen LogP contribution in [0, 0.1) is 0 Å². The van der Waals surface area contributed by atoms with Crippen LogP contribution in [0.2, 0.25) is 0 Å². The smallest absolute Gasteiger partial charge is 0.356 e. The molecule has 10 nitrogen and oxygen atoms in total. The number of thiazole rings is 1. The highest BCUT2D eigenvalue weighted by molar-refractivity contribution is 14.1. The van der Waals surface area contributed by atoms with E-state index in [1.54, 1.807) is 5.38 Å². The van der Waals surface area contributed by atoms with Crippen LogP contribution in [0.3, 0.4) is 0 Å². The topological polar surface area (TPSA) is 122 Å². The van der Waals surface area contributed by atoms with E-state index in [2.05, 4.69) is 74.8 Å². The SMILES string of the molecule is CON=C(C(=O)NC1C(=O)N2C(C(=O)OC(c3ccccc3)c3ccccc3)=C(CI)CS[C@@H]12)c1csc(NC(c2ccccc2)(c2ccccc2)c2ccccc2)n1. The van der Waals surface area contributed by atoms with Crippen LogP contribution in [0.15, 0.2) is 173 Å². The Kier molecular flexibility index (Phi) is 12.2. The molecule has 0 spiro atoms. The molecule has 2 N–H and O–H groups in total. The Labute approximate surface area is 363 Å². The molecule has 13 heteroatoms. The Hall–Kier alpha value is -5.77. The highest BCUT2D eigenvalue weighted by atomic mass is 127. The maximum atomic E-state index is 14.1. The van der Waals surface area contributed by atoms with Crippen molar-refractivity contribution >= 4 is 74.3 Å². The Morgan fingerprint density at radius 2 is 1.34 bits per heavy atom. The van der Waals surface area contributed by atoms with Gasteiger partial charge in [-0.2, -0.15) is 0 Å². The number of thioether (sulfide) groups is 1. The fourth-order valence-electron chi connectivity index (χ4n) is 7.41. The standard InChI is InChI=1S/C46H38IN5O5S2/c1-56-51-37(36-29-59-45(48-36)50-46(33-21-11-4-12-22-33,34-23-13-5-14-24-34)35-25-15-6-16-26-35)41(53)49-38-42(54)52-39(32(27-47)28-58-43(38)52)44(55)57-40(30-17-7-2-8-18-30)31-19-9-3-10-20-31/h2-26,29,38,40,43H,27-28H2,1H3,(H,48,50)(H,49,53)/t38?,43-/m0/s1. The number of halogens is 1. The summed E-state index contributed by atoms with van der Waals surface area (Å²) >= 11 is 5.01. The highest BCUT2D eigenvalue weighted by Crippen LogP contribution is 2.43. The van der Waals surface area contributed by atoms with Gasteiger partial charge in [0.05, 0.1) is 0 Å². The first-order chi connectivity index (χ1) is 28.9. The second-order valence-electron chi connectivity index (χ2n) is 13.7. The van der Waals surface area contributed by atoms with Crippen molar-refractivity contribution in [2.24, 2.45) is 5.16 Å². The van der Waals surface area contributed by atoms with Crippen LogP contribution >= 0.6 is 45.7 Å².